The summed E-state index contributed by atoms with van der Waals surface area (Å²) in [5.41, 5.74) is 1.62. The molecule has 1 N–H and O–H groups in total. The van der Waals surface area contributed by atoms with Crippen LogP contribution in [0.3, 0.4) is 0 Å². The second-order valence-corrected chi connectivity index (χ2v) is 10.4. The van der Waals surface area contributed by atoms with Crippen LogP contribution in [0.1, 0.15) is 50.9 Å². The zero-order chi connectivity index (χ0) is 26.5. The molecule has 3 aliphatic rings. The van der Waals surface area contributed by atoms with Crippen LogP contribution in [0, 0.1) is 5.92 Å². The van der Waals surface area contributed by atoms with Crippen LogP contribution in [0.2, 0.25) is 0 Å². The summed E-state index contributed by atoms with van der Waals surface area (Å²) in [6.45, 7) is 14.0. The van der Waals surface area contributed by atoms with Crippen molar-refractivity contribution in [2.24, 2.45) is 5.92 Å². The van der Waals surface area contributed by atoms with Crippen LogP contribution in [0.25, 0.3) is 0 Å². The second-order valence-electron chi connectivity index (χ2n) is 10.4. The molecule has 2 amide bonds. The first-order chi connectivity index (χ1) is 17.9. The molecule has 0 bridgehead atoms. The second kappa shape index (κ2) is 12.4. The maximum atomic E-state index is 13.7. The molecular formula is C28H42N4O5. The van der Waals surface area contributed by atoms with Crippen molar-refractivity contribution >= 4 is 23.3 Å². The number of hydrogen-bond donors (Lipinski definition) is 1. The summed E-state index contributed by atoms with van der Waals surface area (Å²) in [6.07, 6.45) is 1.09. The van der Waals surface area contributed by atoms with Crippen molar-refractivity contribution in [1.29, 1.82) is 0 Å². The number of benzene rings is 1. The summed E-state index contributed by atoms with van der Waals surface area (Å²) >= 11 is 0. The van der Waals surface area contributed by atoms with Gasteiger partial charge in [-0.25, -0.2) is 0 Å². The predicted molar refractivity (Wildman–Crippen MR) is 142 cm³/mol. The monoisotopic (exact) mass is 514 g/mol. The SMILES string of the molecule is CCCN1CCN(c2ccc(C(=O)N[C@H](C(=O)N3C[C@H](OCC)C4OCC(=O)C43)[C@@H](C)CC)cc2)CC1. The number of amides is 2. The fourth-order valence-electron chi connectivity index (χ4n) is 5.66. The number of likely N-dealkylation sites (tertiary alicyclic amines) is 1. The Bertz CT molecular complexity index is 946. The Morgan fingerprint density at radius 3 is 2.43 bits per heavy atom. The van der Waals surface area contributed by atoms with E-state index in [1.54, 1.807) is 4.90 Å². The lowest BCUT2D eigenvalue weighted by atomic mass is 9.96. The zero-order valence-electron chi connectivity index (χ0n) is 22.7. The van der Waals surface area contributed by atoms with Gasteiger partial charge in [0.2, 0.25) is 5.91 Å². The van der Waals surface area contributed by atoms with Gasteiger partial charge in [-0.15, -0.1) is 0 Å². The smallest absolute Gasteiger partial charge is 0.251 e. The Morgan fingerprint density at radius 1 is 1.11 bits per heavy atom. The van der Waals surface area contributed by atoms with Crippen molar-refractivity contribution < 1.29 is 23.9 Å². The summed E-state index contributed by atoms with van der Waals surface area (Å²) < 4.78 is 11.4. The molecule has 9 heteroatoms. The molecule has 0 spiro atoms. The number of fused-ring (bicyclic) bond motifs is 1. The number of piperazine rings is 1. The van der Waals surface area contributed by atoms with Crippen molar-refractivity contribution in [2.45, 2.75) is 64.8 Å². The number of ketones is 1. The topological polar surface area (TPSA) is 91.4 Å². The van der Waals surface area contributed by atoms with Gasteiger partial charge in [-0.3, -0.25) is 19.3 Å². The molecule has 37 heavy (non-hydrogen) atoms. The van der Waals surface area contributed by atoms with Crippen molar-refractivity contribution in [1.82, 2.24) is 15.1 Å². The highest BCUT2D eigenvalue weighted by atomic mass is 16.6. The fourth-order valence-corrected chi connectivity index (χ4v) is 5.66. The fraction of sp³-hybridized carbons (Fsp3) is 0.679. The number of nitrogens with one attached hydrogen (secondary N) is 1. The van der Waals surface area contributed by atoms with E-state index in [2.05, 4.69) is 22.0 Å². The van der Waals surface area contributed by atoms with E-state index in [0.29, 0.717) is 18.6 Å². The average Bonchev–Trinajstić information content (AvgIpc) is 3.48. The van der Waals surface area contributed by atoms with Crippen molar-refractivity contribution in [3.63, 3.8) is 0 Å². The highest BCUT2D eigenvalue weighted by Crippen LogP contribution is 2.31. The van der Waals surface area contributed by atoms with Gasteiger partial charge in [0, 0.05) is 44.0 Å². The molecule has 3 heterocycles. The lowest BCUT2D eigenvalue weighted by Crippen LogP contribution is -2.54. The van der Waals surface area contributed by atoms with E-state index in [9.17, 15) is 14.4 Å². The number of nitrogens with zero attached hydrogens (tertiary/aromatic N) is 3. The summed E-state index contributed by atoms with van der Waals surface area (Å²) in [5, 5.41) is 2.98. The highest BCUT2D eigenvalue weighted by molar-refractivity contribution is 5.99. The Kier molecular flexibility index (Phi) is 9.21. The van der Waals surface area contributed by atoms with Crippen LogP contribution in [0.4, 0.5) is 5.69 Å². The number of ether oxygens (including phenoxy) is 2. The van der Waals surface area contributed by atoms with E-state index < -0.39 is 18.2 Å². The average molecular weight is 515 g/mol. The standard InChI is InChI=1S/C28H42N4O5/c1-5-12-30-13-15-31(16-14-30)21-10-8-20(9-11-21)27(34)29-24(19(4)6-2)28(35)32-17-23(36-7-3)26-25(32)22(33)18-37-26/h8-11,19,23-26H,5-7,12-18H2,1-4H3,(H,29,34)/t19-,23-,24-,25?,26?/m0/s1. The molecule has 9 nitrogen and oxygen atoms in total. The van der Waals surface area contributed by atoms with Gasteiger partial charge in [0.15, 0.2) is 5.78 Å². The van der Waals surface area contributed by atoms with Crippen LogP contribution in [0.15, 0.2) is 24.3 Å². The van der Waals surface area contributed by atoms with Crippen LogP contribution in [-0.2, 0) is 19.1 Å². The first-order valence-electron chi connectivity index (χ1n) is 13.8. The lowest BCUT2D eigenvalue weighted by molar-refractivity contribution is -0.139. The van der Waals surface area contributed by atoms with Gasteiger partial charge in [-0.2, -0.15) is 0 Å². The quantitative estimate of drug-likeness (QED) is 0.510. The molecule has 0 radical (unpaired) electrons. The van der Waals surface area contributed by atoms with Crippen LogP contribution in [-0.4, -0.2) is 104 Å². The minimum Gasteiger partial charge on any atom is -0.374 e. The summed E-state index contributed by atoms with van der Waals surface area (Å²) in [6, 6.07) is 6.23. The van der Waals surface area contributed by atoms with E-state index in [1.165, 1.54) is 6.42 Å². The molecular weight excluding hydrogens is 472 g/mol. The highest BCUT2D eigenvalue weighted by Gasteiger charge is 2.54. The van der Waals surface area contributed by atoms with E-state index in [-0.39, 0.29) is 42.8 Å². The molecule has 2 unspecified atom stereocenters. The molecule has 1 aromatic rings. The van der Waals surface area contributed by atoms with Crippen molar-refractivity contribution in [3.05, 3.63) is 29.8 Å². The number of hydrogen-bond acceptors (Lipinski definition) is 7. The van der Waals surface area contributed by atoms with Crippen LogP contribution >= 0.6 is 0 Å². The Labute approximate surface area is 220 Å². The minimum atomic E-state index is -0.738. The maximum absolute atomic E-state index is 13.7. The third kappa shape index (κ3) is 5.99. The number of Topliss-reactive ketones (excluding diaryl/α,β-unsaturated/α-hetero) is 1. The summed E-state index contributed by atoms with van der Waals surface area (Å²) in [4.78, 5) is 45.9. The number of carbonyl (C=O) groups excluding carboxylic acids is 3. The van der Waals surface area contributed by atoms with Gasteiger partial charge in [0.25, 0.3) is 5.91 Å². The third-order valence-electron chi connectivity index (χ3n) is 7.97. The first kappa shape index (κ1) is 27.5. The van der Waals surface area contributed by atoms with Gasteiger partial charge < -0.3 is 24.6 Å². The Hall–Kier alpha value is -2.49. The molecule has 0 aromatic heterocycles. The van der Waals surface area contributed by atoms with Gasteiger partial charge in [0.1, 0.15) is 30.9 Å². The van der Waals surface area contributed by atoms with E-state index in [0.717, 1.165) is 38.4 Å². The van der Waals surface area contributed by atoms with Crippen molar-refractivity contribution in [2.75, 3.05) is 57.4 Å². The molecule has 0 aliphatic carbocycles. The first-order valence-corrected chi connectivity index (χ1v) is 13.8. The Morgan fingerprint density at radius 2 is 1.81 bits per heavy atom. The molecule has 5 atom stereocenters. The number of rotatable bonds is 10. The van der Waals surface area contributed by atoms with Gasteiger partial charge >= 0.3 is 0 Å². The Balaban J connectivity index is 1.43. The molecule has 4 rings (SSSR count). The molecule has 3 saturated heterocycles. The maximum Gasteiger partial charge on any atom is 0.251 e. The van der Waals surface area contributed by atoms with E-state index in [1.807, 2.05) is 45.0 Å². The zero-order valence-corrected chi connectivity index (χ0v) is 22.7. The normalized spacial score (nSPS) is 25.7. The largest absolute Gasteiger partial charge is 0.374 e. The van der Waals surface area contributed by atoms with Crippen LogP contribution in [0.5, 0.6) is 0 Å². The molecule has 0 saturated carbocycles. The summed E-state index contributed by atoms with van der Waals surface area (Å²) in [7, 11) is 0. The minimum absolute atomic E-state index is 0.0109. The predicted octanol–water partition coefficient (Wildman–Crippen LogP) is 1.95. The van der Waals surface area contributed by atoms with Gasteiger partial charge in [-0.1, -0.05) is 27.2 Å². The number of carbonyl (C=O) groups is 3. The number of anilines is 1. The summed E-state index contributed by atoms with van der Waals surface area (Å²) in [5.74, 6) is -0.748. The molecule has 1 aromatic carbocycles. The molecule has 3 fully saturated rings. The third-order valence-corrected chi connectivity index (χ3v) is 7.97. The van der Waals surface area contributed by atoms with Gasteiger partial charge in [0.05, 0.1) is 6.54 Å². The van der Waals surface area contributed by atoms with Crippen molar-refractivity contribution in [3.8, 4) is 0 Å². The molecule has 204 valence electrons. The molecule has 3 aliphatic heterocycles. The lowest BCUT2D eigenvalue weighted by Gasteiger charge is -2.36. The van der Waals surface area contributed by atoms with Gasteiger partial charge in [-0.05, 0) is 50.1 Å². The van der Waals surface area contributed by atoms with E-state index in [4.69, 9.17) is 9.47 Å². The van der Waals surface area contributed by atoms with Crippen LogP contribution < -0.4 is 10.2 Å². The van der Waals surface area contributed by atoms with E-state index >= 15 is 0 Å².